The fraction of sp³-hybridized carbons (Fsp3) is 0.333. The van der Waals surface area contributed by atoms with Gasteiger partial charge in [0.2, 0.25) is 0 Å². The Bertz CT molecular complexity index is 179. The Morgan fingerprint density at radius 2 is 2.30 bits per heavy atom. The van der Waals surface area contributed by atoms with E-state index in [1.807, 2.05) is 26.0 Å². The lowest BCUT2D eigenvalue weighted by atomic mass is 10.1. The quantitative estimate of drug-likeness (QED) is 0.450. The number of nitrogens with two attached hydrogens (primary N) is 1. The van der Waals surface area contributed by atoms with Crippen molar-refractivity contribution >= 4 is 0 Å². The van der Waals surface area contributed by atoms with Crippen LogP contribution in [-0.4, -0.2) is 6.04 Å². The Hall–Kier alpha value is -1.00. The molecule has 1 nitrogen and oxygen atoms in total. The zero-order valence-electron chi connectivity index (χ0n) is 6.46. The van der Waals surface area contributed by atoms with Crippen molar-refractivity contribution in [3.05, 3.63) is 23.8 Å². The predicted octanol–water partition coefficient (Wildman–Crippen LogP) is 1.47. The van der Waals surface area contributed by atoms with E-state index in [-0.39, 0.29) is 6.04 Å². The average molecular weight is 135 g/mol. The molecule has 54 valence electrons. The van der Waals surface area contributed by atoms with E-state index in [9.17, 15) is 0 Å². The molecule has 0 aliphatic heterocycles. The molecule has 0 amide bonds. The van der Waals surface area contributed by atoms with E-state index in [0.717, 1.165) is 5.57 Å². The average Bonchev–Trinajstić information content (AvgIpc) is 1.89. The molecule has 1 atom stereocenters. The highest BCUT2D eigenvalue weighted by atomic mass is 14.6. The lowest BCUT2D eigenvalue weighted by Gasteiger charge is -2.03. The second-order valence-electron chi connectivity index (χ2n) is 2.08. The standard InChI is InChI=1S/C9H13N/c1-4-6-7-9(5-2)8(3)10/h1,5-8H,10H2,2-3H3/b7-6-,9-5+/t8-/m0/s1. The molecule has 2 N–H and O–H groups in total. The molecule has 0 saturated heterocycles. The van der Waals surface area contributed by atoms with Crippen LogP contribution in [0.4, 0.5) is 0 Å². The van der Waals surface area contributed by atoms with Crippen molar-refractivity contribution < 1.29 is 0 Å². The lowest BCUT2D eigenvalue weighted by molar-refractivity contribution is 0.883. The van der Waals surface area contributed by atoms with E-state index in [4.69, 9.17) is 12.2 Å². The summed E-state index contributed by atoms with van der Waals surface area (Å²) in [5.74, 6) is 2.41. The molecule has 0 rings (SSSR count). The summed E-state index contributed by atoms with van der Waals surface area (Å²) >= 11 is 0. The summed E-state index contributed by atoms with van der Waals surface area (Å²) in [7, 11) is 0. The first-order chi connectivity index (χ1) is 4.72. The van der Waals surface area contributed by atoms with Gasteiger partial charge in [0.05, 0.1) is 0 Å². The molecule has 0 aliphatic rings. The summed E-state index contributed by atoms with van der Waals surface area (Å²) in [4.78, 5) is 0. The normalized spacial score (nSPS) is 15.2. The van der Waals surface area contributed by atoms with Gasteiger partial charge in [0.1, 0.15) is 0 Å². The van der Waals surface area contributed by atoms with Gasteiger partial charge in [-0.1, -0.05) is 12.0 Å². The molecular weight excluding hydrogens is 122 g/mol. The van der Waals surface area contributed by atoms with E-state index in [1.54, 1.807) is 6.08 Å². The molecule has 0 heterocycles. The molecule has 0 unspecified atom stereocenters. The minimum atomic E-state index is 0.0644. The summed E-state index contributed by atoms with van der Waals surface area (Å²) in [6.45, 7) is 3.87. The third-order valence-corrected chi connectivity index (χ3v) is 1.23. The molecule has 0 radical (unpaired) electrons. The number of hydrogen-bond donors (Lipinski definition) is 1. The van der Waals surface area contributed by atoms with Crippen molar-refractivity contribution in [1.29, 1.82) is 0 Å². The smallest absolute Gasteiger partial charge is 0.0263 e. The maximum absolute atomic E-state index is 5.60. The molecule has 0 fully saturated rings. The van der Waals surface area contributed by atoms with Crippen LogP contribution in [0.1, 0.15) is 13.8 Å². The van der Waals surface area contributed by atoms with E-state index >= 15 is 0 Å². The Labute approximate surface area is 62.6 Å². The molecule has 0 aromatic carbocycles. The number of hydrogen-bond acceptors (Lipinski definition) is 1. The van der Waals surface area contributed by atoms with Gasteiger partial charge in [0.15, 0.2) is 0 Å². The molecule has 0 bridgehead atoms. The molecule has 0 spiro atoms. The van der Waals surface area contributed by atoms with Gasteiger partial charge in [-0.3, -0.25) is 0 Å². The van der Waals surface area contributed by atoms with Gasteiger partial charge in [0.25, 0.3) is 0 Å². The summed E-state index contributed by atoms with van der Waals surface area (Å²) in [5.41, 5.74) is 6.67. The second-order valence-corrected chi connectivity index (χ2v) is 2.08. The van der Waals surface area contributed by atoms with Crippen LogP contribution >= 0.6 is 0 Å². The Kier molecular flexibility index (Phi) is 4.36. The molecule has 0 aromatic heterocycles. The van der Waals surface area contributed by atoms with Gasteiger partial charge in [0, 0.05) is 6.04 Å². The van der Waals surface area contributed by atoms with Crippen molar-refractivity contribution in [2.45, 2.75) is 19.9 Å². The van der Waals surface area contributed by atoms with Gasteiger partial charge >= 0.3 is 0 Å². The largest absolute Gasteiger partial charge is 0.324 e. The van der Waals surface area contributed by atoms with Crippen molar-refractivity contribution in [3.63, 3.8) is 0 Å². The number of rotatable bonds is 2. The Balaban J connectivity index is 4.15. The molecule has 10 heavy (non-hydrogen) atoms. The van der Waals surface area contributed by atoms with Crippen LogP contribution in [-0.2, 0) is 0 Å². The van der Waals surface area contributed by atoms with Crippen LogP contribution in [0.5, 0.6) is 0 Å². The maximum atomic E-state index is 5.60. The van der Waals surface area contributed by atoms with Crippen molar-refractivity contribution in [2.75, 3.05) is 0 Å². The third-order valence-electron chi connectivity index (χ3n) is 1.23. The summed E-state index contributed by atoms with van der Waals surface area (Å²) in [6, 6.07) is 0.0644. The monoisotopic (exact) mass is 135 g/mol. The van der Waals surface area contributed by atoms with Crippen LogP contribution in [0, 0.1) is 12.3 Å². The van der Waals surface area contributed by atoms with E-state index in [0.29, 0.717) is 0 Å². The SMILES string of the molecule is C#C/C=C\C(=C/C)[C@H](C)N. The fourth-order valence-electron chi connectivity index (χ4n) is 0.655. The summed E-state index contributed by atoms with van der Waals surface area (Å²) in [5, 5.41) is 0. The van der Waals surface area contributed by atoms with Crippen molar-refractivity contribution in [3.8, 4) is 12.3 Å². The highest BCUT2D eigenvalue weighted by Crippen LogP contribution is 1.99. The van der Waals surface area contributed by atoms with Crippen LogP contribution in [0.25, 0.3) is 0 Å². The van der Waals surface area contributed by atoms with Crippen LogP contribution in [0.2, 0.25) is 0 Å². The summed E-state index contributed by atoms with van der Waals surface area (Å²) in [6.07, 6.45) is 10.5. The minimum Gasteiger partial charge on any atom is -0.324 e. The fourth-order valence-corrected chi connectivity index (χ4v) is 0.655. The first kappa shape index (κ1) is 9.00. The van der Waals surface area contributed by atoms with Crippen LogP contribution in [0.15, 0.2) is 23.8 Å². The zero-order valence-corrected chi connectivity index (χ0v) is 6.46. The highest BCUT2D eigenvalue weighted by Gasteiger charge is 1.94. The van der Waals surface area contributed by atoms with Gasteiger partial charge < -0.3 is 5.73 Å². The Morgan fingerprint density at radius 1 is 1.70 bits per heavy atom. The topological polar surface area (TPSA) is 26.0 Å². The lowest BCUT2D eigenvalue weighted by Crippen LogP contribution is -2.16. The molecule has 1 heteroatoms. The third kappa shape index (κ3) is 3.11. The highest BCUT2D eigenvalue weighted by molar-refractivity contribution is 5.27. The van der Waals surface area contributed by atoms with E-state index in [1.165, 1.54) is 0 Å². The Morgan fingerprint density at radius 3 is 2.60 bits per heavy atom. The predicted molar refractivity (Wildman–Crippen MR) is 45.4 cm³/mol. The summed E-state index contributed by atoms with van der Waals surface area (Å²) < 4.78 is 0. The van der Waals surface area contributed by atoms with Crippen molar-refractivity contribution in [2.24, 2.45) is 5.73 Å². The maximum Gasteiger partial charge on any atom is 0.0263 e. The molecule has 0 saturated carbocycles. The first-order valence-corrected chi connectivity index (χ1v) is 3.26. The molecule has 0 aromatic rings. The van der Waals surface area contributed by atoms with Crippen LogP contribution in [0.3, 0.4) is 0 Å². The molecular formula is C9H13N. The number of terminal acetylenes is 1. The minimum absolute atomic E-state index is 0.0644. The zero-order chi connectivity index (χ0) is 7.98. The van der Waals surface area contributed by atoms with Crippen LogP contribution < -0.4 is 5.73 Å². The van der Waals surface area contributed by atoms with E-state index < -0.39 is 0 Å². The second kappa shape index (κ2) is 4.84. The van der Waals surface area contributed by atoms with Gasteiger partial charge in [-0.2, -0.15) is 0 Å². The van der Waals surface area contributed by atoms with Gasteiger partial charge in [-0.15, -0.1) is 6.42 Å². The first-order valence-electron chi connectivity index (χ1n) is 3.26. The van der Waals surface area contributed by atoms with E-state index in [2.05, 4.69) is 5.92 Å². The van der Waals surface area contributed by atoms with Crippen molar-refractivity contribution in [1.82, 2.24) is 0 Å². The molecule has 0 aliphatic carbocycles. The number of allylic oxidation sites excluding steroid dienone is 2. The van der Waals surface area contributed by atoms with Gasteiger partial charge in [-0.05, 0) is 31.6 Å². The van der Waals surface area contributed by atoms with Gasteiger partial charge in [-0.25, -0.2) is 0 Å².